The smallest absolute Gasteiger partial charge is 0.249 e. The predicted octanol–water partition coefficient (Wildman–Crippen LogP) is 0.589. The van der Waals surface area contributed by atoms with E-state index in [1.807, 2.05) is 18.7 Å². The molecule has 0 aromatic carbocycles. The first kappa shape index (κ1) is 15.5. The number of sulfonamides is 1. The Morgan fingerprint density at radius 3 is 2.70 bits per heavy atom. The molecular weight excluding hydrogens is 300 g/mol. The molecule has 0 aliphatic carbocycles. The van der Waals surface area contributed by atoms with Crippen LogP contribution in [0.4, 0.5) is 10.8 Å². The first-order valence-electron chi connectivity index (χ1n) is 6.31. The number of morpholine rings is 1. The van der Waals surface area contributed by atoms with Crippen molar-refractivity contribution in [3.8, 4) is 0 Å². The molecule has 1 aromatic rings. The number of nitrogen functional groups attached to an aromatic ring is 1. The van der Waals surface area contributed by atoms with Crippen LogP contribution in [0.2, 0.25) is 0 Å². The van der Waals surface area contributed by atoms with E-state index in [1.165, 1.54) is 14.1 Å². The summed E-state index contributed by atoms with van der Waals surface area (Å²) in [6.07, 6.45) is 0.0458. The quantitative estimate of drug-likeness (QED) is 0.877. The van der Waals surface area contributed by atoms with E-state index in [1.54, 1.807) is 0 Å². The highest BCUT2D eigenvalue weighted by atomic mass is 32.2. The molecular formula is C11H20N4O3S2. The lowest BCUT2D eigenvalue weighted by atomic mass is 10.2. The summed E-state index contributed by atoms with van der Waals surface area (Å²) in [4.78, 5) is 2.12. The van der Waals surface area contributed by atoms with Crippen molar-refractivity contribution >= 4 is 32.4 Å². The van der Waals surface area contributed by atoms with Gasteiger partial charge in [-0.3, -0.25) is 0 Å². The second-order valence-electron chi connectivity index (χ2n) is 5.13. The maximum Gasteiger partial charge on any atom is 0.249 e. The van der Waals surface area contributed by atoms with Crippen LogP contribution < -0.4 is 10.6 Å². The topological polar surface area (TPSA) is 88.8 Å². The average molecular weight is 320 g/mol. The summed E-state index contributed by atoms with van der Waals surface area (Å²) in [5, 5.41) is 0.596. The summed E-state index contributed by atoms with van der Waals surface area (Å²) >= 11 is 1.12. The van der Waals surface area contributed by atoms with Gasteiger partial charge < -0.3 is 15.4 Å². The van der Waals surface area contributed by atoms with Crippen molar-refractivity contribution < 1.29 is 13.2 Å². The molecule has 0 bridgehead atoms. The van der Waals surface area contributed by atoms with Gasteiger partial charge in [0, 0.05) is 20.6 Å². The van der Waals surface area contributed by atoms with Gasteiger partial charge >= 0.3 is 0 Å². The van der Waals surface area contributed by atoms with Gasteiger partial charge in [-0.2, -0.15) is 4.37 Å². The predicted molar refractivity (Wildman–Crippen MR) is 79.6 cm³/mol. The Morgan fingerprint density at radius 2 is 2.10 bits per heavy atom. The van der Waals surface area contributed by atoms with E-state index < -0.39 is 10.0 Å². The fourth-order valence-electron chi connectivity index (χ4n) is 2.08. The third-order valence-electron chi connectivity index (χ3n) is 3.26. The number of hydrogen-bond donors (Lipinski definition) is 1. The SMILES string of the molecule is CC1CN(c2snc(N)c2S(=O)(=O)N(C)C)C(C)CO1. The van der Waals surface area contributed by atoms with Crippen molar-refractivity contribution in [2.75, 3.05) is 37.9 Å². The molecule has 9 heteroatoms. The van der Waals surface area contributed by atoms with E-state index in [0.717, 1.165) is 15.8 Å². The summed E-state index contributed by atoms with van der Waals surface area (Å²) in [6, 6.07) is 0.0853. The number of rotatable bonds is 3. The highest BCUT2D eigenvalue weighted by molar-refractivity contribution is 7.89. The van der Waals surface area contributed by atoms with E-state index >= 15 is 0 Å². The van der Waals surface area contributed by atoms with Crippen molar-refractivity contribution in [3.05, 3.63) is 0 Å². The number of nitrogens with zero attached hydrogens (tertiary/aromatic N) is 3. The minimum Gasteiger partial charge on any atom is -0.382 e. The fourth-order valence-corrected chi connectivity index (χ4v) is 4.40. The Labute approximate surface area is 123 Å². The van der Waals surface area contributed by atoms with Crippen LogP contribution in [0.25, 0.3) is 0 Å². The molecule has 0 amide bonds. The van der Waals surface area contributed by atoms with Gasteiger partial charge in [0.05, 0.1) is 18.8 Å². The van der Waals surface area contributed by atoms with E-state index in [4.69, 9.17) is 10.5 Å². The van der Waals surface area contributed by atoms with Gasteiger partial charge in [-0.05, 0) is 25.4 Å². The summed E-state index contributed by atoms with van der Waals surface area (Å²) < 4.78 is 35.6. The number of ether oxygens (including phenoxy) is 1. The van der Waals surface area contributed by atoms with Crippen LogP contribution in [-0.4, -0.2) is 56.5 Å². The second kappa shape index (κ2) is 5.47. The maximum absolute atomic E-state index is 12.4. The summed E-state index contributed by atoms with van der Waals surface area (Å²) in [5.74, 6) is 0.0602. The number of anilines is 2. The molecule has 0 saturated carbocycles. The zero-order chi connectivity index (χ0) is 15.1. The fraction of sp³-hybridized carbons (Fsp3) is 0.727. The molecule has 7 nitrogen and oxygen atoms in total. The van der Waals surface area contributed by atoms with Gasteiger partial charge in [0.15, 0.2) is 10.7 Å². The molecule has 0 spiro atoms. The van der Waals surface area contributed by atoms with Crippen molar-refractivity contribution in [1.29, 1.82) is 0 Å². The van der Waals surface area contributed by atoms with Crippen LogP contribution in [0.3, 0.4) is 0 Å². The first-order chi connectivity index (χ1) is 9.25. The molecule has 1 fully saturated rings. The summed E-state index contributed by atoms with van der Waals surface area (Å²) in [6.45, 7) is 5.14. The molecule has 1 aliphatic rings. The lowest BCUT2D eigenvalue weighted by Gasteiger charge is -2.37. The highest BCUT2D eigenvalue weighted by Crippen LogP contribution is 2.37. The lowest BCUT2D eigenvalue weighted by molar-refractivity contribution is 0.0344. The Morgan fingerprint density at radius 1 is 1.45 bits per heavy atom. The van der Waals surface area contributed by atoms with Crippen LogP contribution in [-0.2, 0) is 14.8 Å². The Hall–Kier alpha value is -0.900. The first-order valence-corrected chi connectivity index (χ1v) is 8.52. The third-order valence-corrected chi connectivity index (χ3v) is 6.17. The molecule has 20 heavy (non-hydrogen) atoms. The molecule has 2 N–H and O–H groups in total. The molecule has 0 radical (unpaired) electrons. The van der Waals surface area contributed by atoms with Gasteiger partial charge in [-0.1, -0.05) is 0 Å². The molecule has 114 valence electrons. The Kier molecular flexibility index (Phi) is 4.24. The third kappa shape index (κ3) is 2.62. The van der Waals surface area contributed by atoms with Crippen LogP contribution in [0.15, 0.2) is 4.90 Å². The van der Waals surface area contributed by atoms with E-state index in [9.17, 15) is 8.42 Å². The minimum absolute atomic E-state index is 0.0458. The summed E-state index contributed by atoms with van der Waals surface area (Å²) in [7, 11) is -0.636. The van der Waals surface area contributed by atoms with E-state index in [2.05, 4.69) is 4.37 Å². The monoisotopic (exact) mass is 320 g/mol. The second-order valence-corrected chi connectivity index (χ2v) is 7.98. The van der Waals surface area contributed by atoms with Gasteiger partial charge in [0.2, 0.25) is 10.0 Å². The standard InChI is InChI=1S/C11H20N4O3S2/c1-7-6-18-8(2)5-15(7)11-9(10(12)13-19-11)20(16,17)14(3)4/h7-8H,5-6H2,1-4H3,(H2,12,13). The number of aromatic nitrogens is 1. The zero-order valence-electron chi connectivity index (χ0n) is 12.0. The van der Waals surface area contributed by atoms with Gasteiger partial charge in [-0.15, -0.1) is 0 Å². The van der Waals surface area contributed by atoms with Crippen LogP contribution in [0.5, 0.6) is 0 Å². The average Bonchev–Trinajstić information content (AvgIpc) is 2.74. The molecule has 2 atom stereocenters. The molecule has 2 rings (SSSR count). The van der Waals surface area contributed by atoms with Crippen molar-refractivity contribution in [3.63, 3.8) is 0 Å². The minimum atomic E-state index is -3.61. The Bertz CT molecular complexity index is 584. The largest absolute Gasteiger partial charge is 0.382 e. The molecule has 1 saturated heterocycles. The molecule has 1 aliphatic heterocycles. The highest BCUT2D eigenvalue weighted by Gasteiger charge is 2.34. The van der Waals surface area contributed by atoms with E-state index in [-0.39, 0.29) is 22.9 Å². The normalized spacial score (nSPS) is 24.4. The van der Waals surface area contributed by atoms with Crippen molar-refractivity contribution in [2.24, 2.45) is 0 Å². The maximum atomic E-state index is 12.4. The van der Waals surface area contributed by atoms with Crippen LogP contribution >= 0.6 is 11.5 Å². The number of nitrogens with two attached hydrogens (primary N) is 1. The van der Waals surface area contributed by atoms with Gasteiger partial charge in [-0.25, -0.2) is 12.7 Å². The Balaban J connectivity index is 2.49. The van der Waals surface area contributed by atoms with Crippen molar-refractivity contribution in [1.82, 2.24) is 8.68 Å². The molecule has 2 unspecified atom stereocenters. The van der Waals surface area contributed by atoms with Gasteiger partial charge in [0.25, 0.3) is 0 Å². The van der Waals surface area contributed by atoms with Crippen molar-refractivity contribution in [2.45, 2.75) is 30.9 Å². The molecule has 2 heterocycles. The van der Waals surface area contributed by atoms with Crippen LogP contribution in [0, 0.1) is 0 Å². The zero-order valence-corrected chi connectivity index (χ0v) is 13.7. The number of hydrogen-bond acceptors (Lipinski definition) is 7. The molecule has 1 aromatic heterocycles. The van der Waals surface area contributed by atoms with E-state index in [0.29, 0.717) is 18.2 Å². The van der Waals surface area contributed by atoms with Gasteiger partial charge in [0.1, 0.15) is 5.00 Å². The van der Waals surface area contributed by atoms with Crippen LogP contribution in [0.1, 0.15) is 13.8 Å². The lowest BCUT2D eigenvalue weighted by Crippen LogP contribution is -2.47. The summed E-state index contributed by atoms with van der Waals surface area (Å²) in [5.41, 5.74) is 5.79.